The molecule has 0 saturated heterocycles. The third-order valence-corrected chi connectivity index (χ3v) is 4.25. The lowest BCUT2D eigenvalue weighted by atomic mass is 10.2. The molecule has 116 valence electrons. The molecule has 1 fully saturated rings. The summed E-state index contributed by atoms with van der Waals surface area (Å²) in [6, 6.07) is 15.8. The molecule has 0 atom stereocenters. The minimum absolute atomic E-state index is 0.0332. The van der Waals surface area contributed by atoms with E-state index in [4.69, 9.17) is 16.6 Å². The third-order valence-electron chi connectivity index (χ3n) is 4.00. The van der Waals surface area contributed by atoms with Crippen LogP contribution in [-0.2, 0) is 11.3 Å². The topological polar surface area (TPSA) is 46.9 Å². The zero-order valence-electron chi connectivity index (χ0n) is 12.5. The summed E-state index contributed by atoms with van der Waals surface area (Å²) < 4.78 is 1.97. The second-order valence-corrected chi connectivity index (χ2v) is 6.30. The second kappa shape index (κ2) is 5.70. The van der Waals surface area contributed by atoms with Gasteiger partial charge in [-0.3, -0.25) is 4.79 Å². The van der Waals surface area contributed by atoms with Crippen LogP contribution in [0.15, 0.2) is 48.5 Å². The fourth-order valence-electron chi connectivity index (χ4n) is 2.70. The zero-order valence-corrected chi connectivity index (χ0v) is 13.3. The number of halogens is 1. The molecular formula is C18H16ClN3O. The van der Waals surface area contributed by atoms with E-state index < -0.39 is 0 Å². The van der Waals surface area contributed by atoms with Crippen molar-refractivity contribution in [1.29, 1.82) is 0 Å². The number of nitrogens with zero attached hydrogens (tertiary/aromatic N) is 2. The van der Waals surface area contributed by atoms with Crippen LogP contribution >= 0.6 is 11.6 Å². The molecule has 4 nitrogen and oxygen atoms in total. The molecule has 1 aromatic heterocycles. The van der Waals surface area contributed by atoms with Crippen LogP contribution in [0.4, 0.5) is 0 Å². The number of fused-ring (bicyclic) bond motifs is 1. The average molecular weight is 326 g/mol. The lowest BCUT2D eigenvalue weighted by Gasteiger charge is -2.10. The van der Waals surface area contributed by atoms with Crippen molar-refractivity contribution in [2.24, 2.45) is 0 Å². The van der Waals surface area contributed by atoms with Crippen molar-refractivity contribution in [1.82, 2.24) is 14.9 Å². The summed E-state index contributed by atoms with van der Waals surface area (Å²) in [5.74, 6) is 0.819. The van der Waals surface area contributed by atoms with Crippen molar-refractivity contribution in [3.8, 4) is 11.4 Å². The largest absolute Gasteiger partial charge is 0.352 e. The Bertz CT molecular complexity index is 866. The van der Waals surface area contributed by atoms with E-state index in [1.54, 1.807) is 0 Å². The van der Waals surface area contributed by atoms with E-state index in [9.17, 15) is 4.79 Å². The second-order valence-electron chi connectivity index (χ2n) is 5.86. The summed E-state index contributed by atoms with van der Waals surface area (Å²) in [6.45, 7) is 0.273. The number of nitrogens with one attached hydrogen (secondary N) is 1. The number of carbonyl (C=O) groups excluding carboxylic acids is 1. The number of rotatable bonds is 4. The first-order valence-corrected chi connectivity index (χ1v) is 8.09. The van der Waals surface area contributed by atoms with E-state index in [1.807, 2.05) is 53.1 Å². The highest BCUT2D eigenvalue weighted by atomic mass is 35.5. The highest BCUT2D eigenvalue weighted by Crippen LogP contribution is 2.26. The number of benzene rings is 2. The Morgan fingerprint density at radius 2 is 1.91 bits per heavy atom. The molecule has 0 spiro atoms. The van der Waals surface area contributed by atoms with E-state index in [2.05, 4.69) is 5.32 Å². The number of hydrogen-bond donors (Lipinski definition) is 1. The maximum absolute atomic E-state index is 12.3. The monoisotopic (exact) mass is 325 g/mol. The first-order chi connectivity index (χ1) is 11.2. The Morgan fingerprint density at radius 1 is 1.17 bits per heavy atom. The smallest absolute Gasteiger partial charge is 0.240 e. The Labute approximate surface area is 139 Å². The minimum Gasteiger partial charge on any atom is -0.352 e. The molecule has 3 aromatic rings. The van der Waals surface area contributed by atoms with Crippen LogP contribution in [-0.4, -0.2) is 21.5 Å². The van der Waals surface area contributed by atoms with Crippen LogP contribution in [0.5, 0.6) is 0 Å². The highest BCUT2D eigenvalue weighted by molar-refractivity contribution is 6.30. The number of aromatic nitrogens is 2. The Morgan fingerprint density at radius 3 is 2.65 bits per heavy atom. The molecule has 1 amide bonds. The fourth-order valence-corrected chi connectivity index (χ4v) is 2.83. The first-order valence-electron chi connectivity index (χ1n) is 7.71. The van der Waals surface area contributed by atoms with Crippen LogP contribution in [0.2, 0.25) is 5.02 Å². The molecule has 1 N–H and O–H groups in total. The normalized spacial score (nSPS) is 14.1. The van der Waals surface area contributed by atoms with Gasteiger partial charge >= 0.3 is 0 Å². The molecule has 23 heavy (non-hydrogen) atoms. The van der Waals surface area contributed by atoms with Gasteiger partial charge in [0.1, 0.15) is 12.4 Å². The number of imidazole rings is 1. The summed E-state index contributed by atoms with van der Waals surface area (Å²) in [5.41, 5.74) is 2.80. The Balaban J connectivity index is 1.77. The van der Waals surface area contributed by atoms with Crippen LogP contribution in [0.25, 0.3) is 22.4 Å². The summed E-state index contributed by atoms with van der Waals surface area (Å²) in [6.07, 6.45) is 2.17. The lowest BCUT2D eigenvalue weighted by Crippen LogP contribution is -2.29. The number of hydrogen-bond acceptors (Lipinski definition) is 2. The lowest BCUT2D eigenvalue weighted by molar-refractivity contribution is -0.121. The predicted molar refractivity (Wildman–Crippen MR) is 91.3 cm³/mol. The van der Waals surface area contributed by atoms with Gasteiger partial charge < -0.3 is 9.88 Å². The van der Waals surface area contributed by atoms with Crippen molar-refractivity contribution < 1.29 is 4.79 Å². The van der Waals surface area contributed by atoms with Gasteiger partial charge in [0.05, 0.1) is 11.0 Å². The summed E-state index contributed by atoms with van der Waals surface area (Å²) in [5, 5.41) is 3.72. The molecule has 1 heterocycles. The standard InChI is InChI=1S/C18H16ClN3O/c19-13-7-5-12(6-8-13)18-21-15-3-1-2-4-16(15)22(18)11-17(23)20-14-9-10-14/h1-8,14H,9-11H2,(H,20,23). The van der Waals surface area contributed by atoms with Crippen molar-refractivity contribution in [2.75, 3.05) is 0 Å². The van der Waals surface area contributed by atoms with Crippen LogP contribution in [0.1, 0.15) is 12.8 Å². The van der Waals surface area contributed by atoms with E-state index in [0.717, 1.165) is 35.3 Å². The molecule has 2 aromatic carbocycles. The quantitative estimate of drug-likeness (QED) is 0.796. The van der Waals surface area contributed by atoms with Crippen LogP contribution in [0.3, 0.4) is 0 Å². The summed E-state index contributed by atoms with van der Waals surface area (Å²) >= 11 is 5.97. The molecule has 1 aliphatic carbocycles. The highest BCUT2D eigenvalue weighted by Gasteiger charge is 2.24. The van der Waals surface area contributed by atoms with Gasteiger partial charge in [-0.05, 0) is 49.2 Å². The average Bonchev–Trinajstić information content (AvgIpc) is 3.29. The molecule has 0 radical (unpaired) electrons. The molecule has 0 bridgehead atoms. The molecule has 1 aliphatic rings. The molecule has 1 saturated carbocycles. The van der Waals surface area contributed by atoms with Crippen molar-refractivity contribution >= 4 is 28.5 Å². The molecule has 0 aliphatic heterocycles. The van der Waals surface area contributed by atoms with Gasteiger partial charge in [0.2, 0.25) is 5.91 Å². The van der Waals surface area contributed by atoms with E-state index in [1.165, 1.54) is 0 Å². The Kier molecular flexibility index (Phi) is 3.54. The maximum atomic E-state index is 12.3. The van der Waals surface area contributed by atoms with E-state index >= 15 is 0 Å². The van der Waals surface area contributed by atoms with Crippen LogP contribution < -0.4 is 5.32 Å². The SMILES string of the molecule is O=C(Cn1c(-c2ccc(Cl)cc2)nc2ccccc21)NC1CC1. The van der Waals surface area contributed by atoms with Gasteiger partial charge in [0.25, 0.3) is 0 Å². The third kappa shape index (κ3) is 2.94. The number of carbonyl (C=O) groups is 1. The number of amides is 1. The first kappa shape index (κ1) is 14.3. The maximum Gasteiger partial charge on any atom is 0.240 e. The Hall–Kier alpha value is -2.33. The summed E-state index contributed by atoms with van der Waals surface area (Å²) in [4.78, 5) is 17.0. The van der Waals surface area contributed by atoms with Gasteiger partial charge in [0, 0.05) is 16.6 Å². The van der Waals surface area contributed by atoms with Crippen molar-refractivity contribution in [3.63, 3.8) is 0 Å². The van der Waals surface area contributed by atoms with Crippen molar-refractivity contribution in [3.05, 3.63) is 53.6 Å². The van der Waals surface area contributed by atoms with Gasteiger partial charge in [-0.1, -0.05) is 23.7 Å². The predicted octanol–water partition coefficient (Wildman–Crippen LogP) is 3.64. The van der Waals surface area contributed by atoms with Gasteiger partial charge in [-0.25, -0.2) is 4.98 Å². The van der Waals surface area contributed by atoms with Gasteiger partial charge in [0.15, 0.2) is 0 Å². The van der Waals surface area contributed by atoms with Crippen molar-refractivity contribution in [2.45, 2.75) is 25.4 Å². The summed E-state index contributed by atoms with van der Waals surface area (Å²) in [7, 11) is 0. The minimum atomic E-state index is 0.0332. The van der Waals surface area contributed by atoms with Crippen LogP contribution in [0, 0.1) is 0 Å². The van der Waals surface area contributed by atoms with Gasteiger partial charge in [-0.2, -0.15) is 0 Å². The molecule has 4 rings (SSSR count). The van der Waals surface area contributed by atoms with Gasteiger partial charge in [-0.15, -0.1) is 0 Å². The molecule has 0 unspecified atom stereocenters. The van der Waals surface area contributed by atoms with E-state index in [-0.39, 0.29) is 12.5 Å². The fraction of sp³-hybridized carbons (Fsp3) is 0.222. The molecular weight excluding hydrogens is 310 g/mol. The zero-order chi connectivity index (χ0) is 15.8. The van der Waals surface area contributed by atoms with E-state index in [0.29, 0.717) is 11.1 Å². The number of para-hydroxylation sites is 2. The molecule has 5 heteroatoms.